The van der Waals surface area contributed by atoms with Gasteiger partial charge in [0, 0.05) is 24.0 Å². The van der Waals surface area contributed by atoms with Crippen LogP contribution in [0.5, 0.6) is 5.75 Å². The summed E-state index contributed by atoms with van der Waals surface area (Å²) in [4.78, 5) is 4.04. The van der Waals surface area contributed by atoms with Gasteiger partial charge in [0.1, 0.15) is 17.9 Å². The van der Waals surface area contributed by atoms with Crippen molar-refractivity contribution in [1.82, 2.24) is 9.55 Å². The summed E-state index contributed by atoms with van der Waals surface area (Å²) in [6, 6.07) is 15.3. The minimum absolute atomic E-state index is 0. The van der Waals surface area contributed by atoms with Crippen molar-refractivity contribution in [3.63, 3.8) is 0 Å². The van der Waals surface area contributed by atoms with E-state index in [4.69, 9.17) is 16.3 Å². The zero-order chi connectivity index (χ0) is 16.9. The fraction of sp³-hybridized carbons (Fsp3) is 0.158. The molecule has 0 fully saturated rings. The lowest BCUT2D eigenvalue weighted by atomic mass is 10.1. The lowest BCUT2D eigenvalue weighted by Gasteiger charge is -2.17. The SMILES string of the molecule is CC(Oc1cc(Cn2ccnc2)ccc1C#N)c1cccc(Cl)c1.Cl. The molecule has 0 saturated heterocycles. The summed E-state index contributed by atoms with van der Waals surface area (Å²) in [6.07, 6.45) is 5.18. The van der Waals surface area contributed by atoms with Crippen LogP contribution in [0.25, 0.3) is 0 Å². The summed E-state index contributed by atoms with van der Waals surface area (Å²) in [6.45, 7) is 2.61. The quantitative estimate of drug-likeness (QED) is 0.630. The van der Waals surface area contributed by atoms with Crippen LogP contribution in [0.15, 0.2) is 61.2 Å². The first-order valence-corrected chi connectivity index (χ1v) is 7.94. The molecule has 0 saturated carbocycles. The second kappa shape index (κ2) is 8.57. The summed E-state index contributed by atoms with van der Waals surface area (Å²) in [7, 11) is 0. The summed E-state index contributed by atoms with van der Waals surface area (Å²) in [5.41, 5.74) is 2.52. The summed E-state index contributed by atoms with van der Waals surface area (Å²) in [5, 5.41) is 9.99. The number of imidazole rings is 1. The number of halogens is 2. The average Bonchev–Trinajstić information content (AvgIpc) is 3.08. The number of hydrogen-bond donors (Lipinski definition) is 0. The van der Waals surface area contributed by atoms with Crippen molar-refractivity contribution in [2.45, 2.75) is 19.6 Å². The lowest BCUT2D eigenvalue weighted by molar-refractivity contribution is 0.226. The van der Waals surface area contributed by atoms with Crippen LogP contribution >= 0.6 is 24.0 Å². The maximum atomic E-state index is 9.33. The first kappa shape index (κ1) is 18.9. The van der Waals surface area contributed by atoms with Crippen LogP contribution in [0.4, 0.5) is 0 Å². The average molecular weight is 374 g/mol. The molecule has 6 heteroatoms. The van der Waals surface area contributed by atoms with Gasteiger partial charge in [0.2, 0.25) is 0 Å². The van der Waals surface area contributed by atoms with E-state index in [1.807, 2.05) is 54.1 Å². The molecule has 0 spiro atoms. The number of benzene rings is 2. The highest BCUT2D eigenvalue weighted by atomic mass is 35.5. The van der Waals surface area contributed by atoms with Gasteiger partial charge in [-0.3, -0.25) is 0 Å². The van der Waals surface area contributed by atoms with Crippen LogP contribution in [0.2, 0.25) is 5.02 Å². The van der Waals surface area contributed by atoms with E-state index in [0.29, 0.717) is 22.9 Å². The Hall–Kier alpha value is -2.48. The van der Waals surface area contributed by atoms with Crippen molar-refractivity contribution in [2.24, 2.45) is 0 Å². The highest BCUT2D eigenvalue weighted by Gasteiger charge is 2.12. The van der Waals surface area contributed by atoms with Crippen LogP contribution in [-0.2, 0) is 6.54 Å². The second-order valence-electron chi connectivity index (χ2n) is 5.49. The number of nitriles is 1. The fourth-order valence-corrected chi connectivity index (χ4v) is 2.66. The molecule has 0 amide bonds. The highest BCUT2D eigenvalue weighted by molar-refractivity contribution is 6.30. The monoisotopic (exact) mass is 373 g/mol. The Bertz CT molecular complexity index is 873. The van der Waals surface area contributed by atoms with Gasteiger partial charge in [-0.2, -0.15) is 5.26 Å². The van der Waals surface area contributed by atoms with Gasteiger partial charge in [-0.1, -0.05) is 29.8 Å². The van der Waals surface area contributed by atoms with Crippen molar-refractivity contribution >= 4 is 24.0 Å². The molecule has 0 bridgehead atoms. The van der Waals surface area contributed by atoms with Gasteiger partial charge in [0.15, 0.2) is 0 Å². The van der Waals surface area contributed by atoms with E-state index in [-0.39, 0.29) is 18.5 Å². The van der Waals surface area contributed by atoms with E-state index in [1.165, 1.54) is 0 Å². The zero-order valence-electron chi connectivity index (χ0n) is 13.6. The third kappa shape index (κ3) is 4.76. The molecule has 1 atom stereocenters. The summed E-state index contributed by atoms with van der Waals surface area (Å²) in [5.74, 6) is 0.572. The van der Waals surface area contributed by atoms with Crippen LogP contribution in [0, 0.1) is 11.3 Å². The highest BCUT2D eigenvalue weighted by Crippen LogP contribution is 2.27. The molecule has 128 valence electrons. The Morgan fingerprint density at radius 1 is 1.28 bits per heavy atom. The van der Waals surface area contributed by atoms with Gasteiger partial charge in [0.25, 0.3) is 0 Å². The maximum Gasteiger partial charge on any atom is 0.138 e. The molecule has 0 aliphatic heterocycles. The fourth-order valence-electron chi connectivity index (χ4n) is 2.46. The van der Waals surface area contributed by atoms with Gasteiger partial charge >= 0.3 is 0 Å². The van der Waals surface area contributed by atoms with Gasteiger partial charge < -0.3 is 9.30 Å². The molecule has 4 nitrogen and oxygen atoms in total. The first-order valence-electron chi connectivity index (χ1n) is 7.56. The summed E-state index contributed by atoms with van der Waals surface area (Å²) >= 11 is 6.04. The Morgan fingerprint density at radius 2 is 2.12 bits per heavy atom. The normalized spacial score (nSPS) is 11.2. The van der Waals surface area contributed by atoms with E-state index in [0.717, 1.165) is 11.1 Å². The van der Waals surface area contributed by atoms with Crippen molar-refractivity contribution in [1.29, 1.82) is 5.26 Å². The minimum atomic E-state index is -0.209. The first-order chi connectivity index (χ1) is 11.7. The van der Waals surface area contributed by atoms with Crippen molar-refractivity contribution < 1.29 is 4.74 Å². The lowest BCUT2D eigenvalue weighted by Crippen LogP contribution is -2.05. The Labute approximate surface area is 158 Å². The van der Waals surface area contributed by atoms with E-state index in [1.54, 1.807) is 18.6 Å². The van der Waals surface area contributed by atoms with Gasteiger partial charge in [-0.25, -0.2) is 4.98 Å². The third-order valence-corrected chi connectivity index (χ3v) is 3.95. The number of aromatic nitrogens is 2. The third-order valence-electron chi connectivity index (χ3n) is 3.71. The van der Waals surface area contributed by atoms with Gasteiger partial charge in [-0.15, -0.1) is 12.4 Å². The molecule has 2 aromatic carbocycles. The molecule has 0 N–H and O–H groups in total. The molecule has 1 heterocycles. The van der Waals surface area contributed by atoms with Crippen LogP contribution < -0.4 is 4.74 Å². The van der Waals surface area contributed by atoms with Crippen molar-refractivity contribution in [2.75, 3.05) is 0 Å². The van der Waals surface area contributed by atoms with E-state index in [9.17, 15) is 5.26 Å². The number of ether oxygens (including phenoxy) is 1. The van der Waals surface area contributed by atoms with E-state index in [2.05, 4.69) is 11.1 Å². The van der Waals surface area contributed by atoms with Crippen LogP contribution in [0.3, 0.4) is 0 Å². The molecule has 25 heavy (non-hydrogen) atoms. The maximum absolute atomic E-state index is 9.33. The molecular formula is C19H17Cl2N3O. The molecule has 0 aliphatic rings. The topological polar surface area (TPSA) is 50.8 Å². The molecule has 0 radical (unpaired) electrons. The molecule has 3 aromatic rings. The predicted octanol–water partition coefficient (Wildman–Crippen LogP) is 5.02. The molecule has 1 unspecified atom stereocenters. The molecule has 3 rings (SSSR count). The predicted molar refractivity (Wildman–Crippen MR) is 100 cm³/mol. The van der Waals surface area contributed by atoms with Gasteiger partial charge in [0.05, 0.1) is 11.9 Å². The van der Waals surface area contributed by atoms with Crippen LogP contribution in [-0.4, -0.2) is 9.55 Å². The van der Waals surface area contributed by atoms with Crippen molar-refractivity contribution in [3.05, 3.63) is 82.9 Å². The van der Waals surface area contributed by atoms with E-state index >= 15 is 0 Å². The van der Waals surface area contributed by atoms with Crippen molar-refractivity contribution in [3.8, 4) is 11.8 Å². The molecule has 1 aromatic heterocycles. The second-order valence-corrected chi connectivity index (χ2v) is 5.93. The standard InChI is InChI=1S/C19H16ClN3O.ClH/c1-14(16-3-2-4-18(20)10-16)24-19-9-15(5-6-17(19)11-21)12-23-8-7-22-13-23;/h2-10,13-14H,12H2,1H3;1H. The van der Waals surface area contributed by atoms with Crippen LogP contribution in [0.1, 0.15) is 29.7 Å². The number of nitrogens with zero attached hydrogens (tertiary/aromatic N) is 3. The number of hydrogen-bond acceptors (Lipinski definition) is 3. The minimum Gasteiger partial charge on any atom is -0.485 e. The summed E-state index contributed by atoms with van der Waals surface area (Å²) < 4.78 is 8.00. The Balaban J connectivity index is 0.00000225. The molecule has 0 aliphatic carbocycles. The Kier molecular flexibility index (Phi) is 6.46. The molecular weight excluding hydrogens is 357 g/mol. The zero-order valence-corrected chi connectivity index (χ0v) is 15.2. The largest absolute Gasteiger partial charge is 0.485 e. The van der Waals surface area contributed by atoms with Gasteiger partial charge in [-0.05, 0) is 42.3 Å². The smallest absolute Gasteiger partial charge is 0.138 e. The number of rotatable bonds is 5. The van der Waals surface area contributed by atoms with E-state index < -0.39 is 0 Å². The Morgan fingerprint density at radius 3 is 2.80 bits per heavy atom.